The lowest BCUT2D eigenvalue weighted by Gasteiger charge is -2.30. The molecule has 5 heterocycles. The van der Waals surface area contributed by atoms with Gasteiger partial charge in [0.15, 0.2) is 17.3 Å². The molecule has 9 nitrogen and oxygen atoms in total. The van der Waals surface area contributed by atoms with Gasteiger partial charge in [0.1, 0.15) is 5.82 Å². The molecule has 0 spiro atoms. The fourth-order valence-electron chi connectivity index (χ4n) is 4.12. The minimum atomic E-state index is 0.379. The zero-order valence-corrected chi connectivity index (χ0v) is 15.6. The van der Waals surface area contributed by atoms with E-state index in [0.29, 0.717) is 11.8 Å². The number of nitrogens with zero attached hydrogens (tertiary/aromatic N) is 8. The number of hydrogen-bond donors (Lipinski definition) is 0. The zero-order valence-electron chi connectivity index (χ0n) is 15.6. The number of aryl methyl sites for hydroxylation is 1. The second-order valence-corrected chi connectivity index (χ2v) is 7.49. The Morgan fingerprint density at radius 2 is 1.89 bits per heavy atom. The largest absolute Gasteiger partial charge is 0.355 e. The normalized spacial score (nSPS) is 19.4. The third kappa shape index (κ3) is 3.27. The van der Waals surface area contributed by atoms with Gasteiger partial charge in [-0.2, -0.15) is 9.50 Å². The third-order valence-electron chi connectivity index (χ3n) is 5.59. The molecule has 0 saturated carbocycles. The maximum atomic E-state index is 5.07. The van der Waals surface area contributed by atoms with Gasteiger partial charge >= 0.3 is 0 Å². The molecule has 0 aliphatic carbocycles. The average Bonchev–Trinajstić information content (AvgIpc) is 3.43. The van der Waals surface area contributed by atoms with Gasteiger partial charge < -0.3 is 9.42 Å². The van der Waals surface area contributed by atoms with Gasteiger partial charge in [-0.25, -0.2) is 0 Å². The van der Waals surface area contributed by atoms with Crippen LogP contribution in [0.1, 0.15) is 49.1 Å². The molecule has 2 saturated heterocycles. The van der Waals surface area contributed by atoms with Gasteiger partial charge in [0.2, 0.25) is 5.89 Å². The highest BCUT2D eigenvalue weighted by Crippen LogP contribution is 2.28. The standard InChI is InChI=1S/C18H24N8O/c1-13-19-15(23-27-13)12-24-10-6-14(7-11-24)18-21-20-16-4-5-17(22-26(16)18)25-8-2-3-9-25/h4-5,14H,2-3,6-12H2,1H3. The topological polar surface area (TPSA) is 88.5 Å². The molecule has 27 heavy (non-hydrogen) atoms. The molecule has 0 aromatic carbocycles. The minimum absolute atomic E-state index is 0.379. The summed E-state index contributed by atoms with van der Waals surface area (Å²) < 4.78 is 7.02. The number of aromatic nitrogens is 6. The quantitative estimate of drug-likeness (QED) is 0.689. The van der Waals surface area contributed by atoms with Crippen molar-refractivity contribution < 1.29 is 4.52 Å². The highest BCUT2D eigenvalue weighted by atomic mass is 16.5. The summed E-state index contributed by atoms with van der Waals surface area (Å²) in [5, 5.41) is 17.7. The first-order valence-electron chi connectivity index (χ1n) is 9.75. The van der Waals surface area contributed by atoms with E-state index in [-0.39, 0.29) is 0 Å². The summed E-state index contributed by atoms with van der Waals surface area (Å²) in [5.74, 6) is 3.78. The molecule has 0 bridgehead atoms. The summed E-state index contributed by atoms with van der Waals surface area (Å²) in [4.78, 5) is 9.02. The van der Waals surface area contributed by atoms with Gasteiger partial charge in [-0.05, 0) is 50.9 Å². The van der Waals surface area contributed by atoms with Gasteiger partial charge in [-0.15, -0.1) is 15.3 Å². The molecular formula is C18H24N8O. The van der Waals surface area contributed by atoms with Crippen LogP contribution in [0.3, 0.4) is 0 Å². The van der Waals surface area contributed by atoms with E-state index in [2.05, 4.69) is 36.2 Å². The minimum Gasteiger partial charge on any atom is -0.355 e. The molecule has 0 atom stereocenters. The van der Waals surface area contributed by atoms with Crippen molar-refractivity contribution in [1.82, 2.24) is 34.9 Å². The van der Waals surface area contributed by atoms with Crippen LogP contribution in [-0.2, 0) is 6.54 Å². The number of hydrogen-bond acceptors (Lipinski definition) is 8. The maximum absolute atomic E-state index is 5.07. The highest BCUT2D eigenvalue weighted by molar-refractivity contribution is 5.46. The number of rotatable bonds is 4. The smallest absolute Gasteiger partial charge is 0.223 e. The second kappa shape index (κ2) is 6.88. The van der Waals surface area contributed by atoms with Crippen molar-refractivity contribution in [2.75, 3.05) is 31.1 Å². The van der Waals surface area contributed by atoms with Crippen LogP contribution >= 0.6 is 0 Å². The number of fused-ring (bicyclic) bond motifs is 1. The Kier molecular flexibility index (Phi) is 4.23. The van der Waals surface area contributed by atoms with Gasteiger partial charge in [0.25, 0.3) is 0 Å². The fourth-order valence-corrected chi connectivity index (χ4v) is 4.12. The molecule has 0 unspecified atom stereocenters. The summed E-state index contributed by atoms with van der Waals surface area (Å²) in [6.07, 6.45) is 4.56. The number of anilines is 1. The van der Waals surface area contributed by atoms with Crippen LogP contribution in [-0.4, -0.2) is 61.0 Å². The first-order chi connectivity index (χ1) is 13.3. The lowest BCUT2D eigenvalue weighted by atomic mass is 9.96. The summed E-state index contributed by atoms with van der Waals surface area (Å²) >= 11 is 0. The van der Waals surface area contributed by atoms with E-state index in [0.717, 1.165) is 68.7 Å². The Morgan fingerprint density at radius 3 is 2.63 bits per heavy atom. The Bertz CT molecular complexity index is 920. The van der Waals surface area contributed by atoms with Crippen molar-refractivity contribution in [3.8, 4) is 0 Å². The van der Waals surface area contributed by atoms with E-state index in [4.69, 9.17) is 9.62 Å². The Morgan fingerprint density at radius 1 is 1.07 bits per heavy atom. The first kappa shape index (κ1) is 16.6. The maximum Gasteiger partial charge on any atom is 0.223 e. The van der Waals surface area contributed by atoms with E-state index < -0.39 is 0 Å². The van der Waals surface area contributed by atoms with Crippen LogP contribution in [0.5, 0.6) is 0 Å². The molecule has 0 amide bonds. The third-order valence-corrected chi connectivity index (χ3v) is 5.59. The Balaban J connectivity index is 1.30. The molecule has 0 N–H and O–H groups in total. The van der Waals surface area contributed by atoms with E-state index >= 15 is 0 Å². The zero-order chi connectivity index (χ0) is 18.2. The van der Waals surface area contributed by atoms with Gasteiger partial charge in [0, 0.05) is 25.9 Å². The van der Waals surface area contributed by atoms with Crippen LogP contribution in [0.15, 0.2) is 16.7 Å². The van der Waals surface area contributed by atoms with E-state index in [1.807, 2.05) is 17.5 Å². The predicted molar refractivity (Wildman–Crippen MR) is 98.5 cm³/mol. The van der Waals surface area contributed by atoms with E-state index in [1.54, 1.807) is 0 Å². The van der Waals surface area contributed by atoms with Crippen molar-refractivity contribution in [3.63, 3.8) is 0 Å². The number of likely N-dealkylation sites (tertiary alicyclic amines) is 1. The van der Waals surface area contributed by atoms with Crippen molar-refractivity contribution in [2.24, 2.45) is 0 Å². The van der Waals surface area contributed by atoms with Crippen molar-refractivity contribution >= 4 is 11.5 Å². The summed E-state index contributed by atoms with van der Waals surface area (Å²) in [6, 6.07) is 4.10. The van der Waals surface area contributed by atoms with Crippen LogP contribution in [0, 0.1) is 6.92 Å². The molecule has 2 aliphatic heterocycles. The molecule has 142 valence electrons. The van der Waals surface area contributed by atoms with Crippen molar-refractivity contribution in [2.45, 2.75) is 45.1 Å². The van der Waals surface area contributed by atoms with E-state index in [1.165, 1.54) is 12.8 Å². The van der Waals surface area contributed by atoms with Crippen LogP contribution < -0.4 is 4.90 Å². The average molecular weight is 368 g/mol. The lowest BCUT2D eigenvalue weighted by molar-refractivity contribution is 0.194. The summed E-state index contributed by atoms with van der Waals surface area (Å²) in [6.45, 7) is 6.70. The monoisotopic (exact) mass is 368 g/mol. The van der Waals surface area contributed by atoms with Gasteiger partial charge in [0.05, 0.1) is 6.54 Å². The first-order valence-corrected chi connectivity index (χ1v) is 9.75. The molecule has 2 aliphatic rings. The Hall–Kier alpha value is -2.55. The number of piperidine rings is 1. The van der Waals surface area contributed by atoms with Gasteiger partial charge in [-0.3, -0.25) is 4.90 Å². The lowest BCUT2D eigenvalue weighted by Crippen LogP contribution is -2.33. The highest BCUT2D eigenvalue weighted by Gasteiger charge is 2.26. The molecule has 0 radical (unpaired) electrons. The Labute approximate surface area is 157 Å². The molecule has 3 aromatic heterocycles. The van der Waals surface area contributed by atoms with Crippen LogP contribution in [0.25, 0.3) is 5.65 Å². The molecule has 9 heteroatoms. The van der Waals surface area contributed by atoms with Gasteiger partial charge in [-0.1, -0.05) is 5.16 Å². The fraction of sp³-hybridized carbons (Fsp3) is 0.611. The van der Waals surface area contributed by atoms with Crippen LogP contribution in [0.4, 0.5) is 5.82 Å². The summed E-state index contributed by atoms with van der Waals surface area (Å²) in [5.41, 5.74) is 0.831. The van der Waals surface area contributed by atoms with E-state index in [9.17, 15) is 0 Å². The molecule has 3 aromatic rings. The van der Waals surface area contributed by atoms with Crippen molar-refractivity contribution in [3.05, 3.63) is 29.7 Å². The summed E-state index contributed by atoms with van der Waals surface area (Å²) in [7, 11) is 0. The van der Waals surface area contributed by atoms with Crippen LogP contribution in [0.2, 0.25) is 0 Å². The predicted octanol–water partition coefficient (Wildman–Crippen LogP) is 1.80. The molecule has 5 rings (SSSR count). The van der Waals surface area contributed by atoms with Crippen molar-refractivity contribution in [1.29, 1.82) is 0 Å². The second-order valence-electron chi connectivity index (χ2n) is 7.49. The molecular weight excluding hydrogens is 344 g/mol. The SMILES string of the molecule is Cc1nc(CN2CCC(c3nnc4ccc(N5CCCC5)nn34)CC2)no1. The molecule has 2 fully saturated rings.